The monoisotopic (exact) mass is 327 g/mol. The molecule has 2 fully saturated rings. The Balaban J connectivity index is 1.56. The van der Waals surface area contributed by atoms with E-state index in [1.165, 1.54) is 0 Å². The SMILES string of the molecule is CN1C[C@H]2CNC[C@@]2(C(=O)NCc2n[nH]c(=O)c3ccccc23)C1. The highest BCUT2D eigenvalue weighted by Gasteiger charge is 2.53. The van der Waals surface area contributed by atoms with Gasteiger partial charge in [0.15, 0.2) is 0 Å². The number of benzene rings is 1. The summed E-state index contributed by atoms with van der Waals surface area (Å²) in [6, 6.07) is 7.32. The zero-order chi connectivity index (χ0) is 16.7. The van der Waals surface area contributed by atoms with Crippen molar-refractivity contribution in [1.29, 1.82) is 0 Å². The quantitative estimate of drug-likeness (QED) is 0.719. The number of likely N-dealkylation sites (tertiary alicyclic amines) is 1. The fraction of sp³-hybridized carbons (Fsp3) is 0.471. The molecular weight excluding hydrogens is 306 g/mol. The highest BCUT2D eigenvalue weighted by atomic mass is 16.2. The van der Waals surface area contributed by atoms with Crippen LogP contribution >= 0.6 is 0 Å². The zero-order valence-corrected chi connectivity index (χ0v) is 13.6. The van der Waals surface area contributed by atoms with Gasteiger partial charge < -0.3 is 15.5 Å². The van der Waals surface area contributed by atoms with Gasteiger partial charge in [0.05, 0.1) is 23.0 Å². The van der Waals surface area contributed by atoms with Crippen LogP contribution < -0.4 is 16.2 Å². The Morgan fingerprint density at radius 3 is 3.04 bits per heavy atom. The van der Waals surface area contributed by atoms with Gasteiger partial charge in [-0.1, -0.05) is 18.2 Å². The highest BCUT2D eigenvalue weighted by molar-refractivity contribution is 5.86. The van der Waals surface area contributed by atoms with Gasteiger partial charge in [-0.15, -0.1) is 0 Å². The lowest BCUT2D eigenvalue weighted by atomic mass is 9.80. The van der Waals surface area contributed by atoms with Gasteiger partial charge in [0.1, 0.15) is 0 Å². The number of nitrogens with one attached hydrogen (secondary N) is 3. The van der Waals surface area contributed by atoms with Gasteiger partial charge in [0.2, 0.25) is 5.91 Å². The molecule has 2 saturated heterocycles. The molecule has 3 heterocycles. The summed E-state index contributed by atoms with van der Waals surface area (Å²) in [5.41, 5.74) is 0.118. The fourth-order valence-electron chi connectivity index (χ4n) is 4.14. The van der Waals surface area contributed by atoms with E-state index in [1.807, 2.05) is 18.2 Å². The van der Waals surface area contributed by atoms with Crippen LogP contribution in [0.15, 0.2) is 29.1 Å². The molecule has 1 aromatic heterocycles. The molecule has 0 spiro atoms. The molecule has 126 valence electrons. The third-order valence-corrected chi connectivity index (χ3v) is 5.34. The molecule has 24 heavy (non-hydrogen) atoms. The van der Waals surface area contributed by atoms with E-state index in [4.69, 9.17) is 0 Å². The third-order valence-electron chi connectivity index (χ3n) is 5.34. The summed E-state index contributed by atoms with van der Waals surface area (Å²) in [6.07, 6.45) is 0. The molecule has 2 aliphatic heterocycles. The molecule has 7 nitrogen and oxygen atoms in total. The van der Waals surface area contributed by atoms with Gasteiger partial charge >= 0.3 is 0 Å². The second-order valence-electron chi connectivity index (χ2n) is 6.91. The third kappa shape index (κ3) is 2.32. The first-order valence-electron chi connectivity index (χ1n) is 8.24. The number of hydrogen-bond acceptors (Lipinski definition) is 5. The number of aromatic amines is 1. The van der Waals surface area contributed by atoms with E-state index in [1.54, 1.807) is 6.07 Å². The predicted octanol–water partition coefficient (Wildman–Crippen LogP) is -0.309. The Bertz CT molecular complexity index is 848. The maximum absolute atomic E-state index is 12.9. The lowest BCUT2D eigenvalue weighted by Crippen LogP contribution is -2.47. The molecular formula is C17H21N5O2. The first-order valence-corrected chi connectivity index (χ1v) is 8.24. The number of carbonyl (C=O) groups is 1. The topological polar surface area (TPSA) is 90.1 Å². The predicted molar refractivity (Wildman–Crippen MR) is 90.5 cm³/mol. The standard InChI is InChI=1S/C17H21N5O2/c1-22-8-11-6-18-9-17(11,10-22)16(24)19-7-14-12-4-2-3-5-13(12)15(23)21-20-14/h2-5,11,18H,6-10H2,1H3,(H,19,24)(H,21,23)/t11-,17-/m1/s1. The number of rotatable bonds is 3. The van der Waals surface area contributed by atoms with Crippen molar-refractivity contribution in [2.45, 2.75) is 6.54 Å². The molecule has 0 bridgehead atoms. The summed E-state index contributed by atoms with van der Waals surface area (Å²) >= 11 is 0. The molecule has 1 aromatic carbocycles. The minimum absolute atomic E-state index is 0.0685. The minimum atomic E-state index is -0.354. The van der Waals surface area contributed by atoms with Crippen LogP contribution in [0.25, 0.3) is 10.8 Å². The van der Waals surface area contributed by atoms with Crippen molar-refractivity contribution in [2.24, 2.45) is 11.3 Å². The maximum Gasteiger partial charge on any atom is 0.272 e. The summed E-state index contributed by atoms with van der Waals surface area (Å²) in [5, 5.41) is 14.4. The Morgan fingerprint density at radius 1 is 1.42 bits per heavy atom. The zero-order valence-electron chi connectivity index (χ0n) is 13.6. The van der Waals surface area contributed by atoms with Crippen molar-refractivity contribution in [3.8, 4) is 0 Å². The van der Waals surface area contributed by atoms with E-state index >= 15 is 0 Å². The van der Waals surface area contributed by atoms with E-state index < -0.39 is 0 Å². The molecule has 0 saturated carbocycles. The smallest absolute Gasteiger partial charge is 0.272 e. The van der Waals surface area contributed by atoms with Crippen molar-refractivity contribution in [3.05, 3.63) is 40.3 Å². The average Bonchev–Trinajstić information content (AvgIpc) is 3.11. The summed E-state index contributed by atoms with van der Waals surface area (Å²) in [4.78, 5) is 27.0. The number of nitrogens with zero attached hydrogens (tertiary/aromatic N) is 2. The number of amides is 1. The second kappa shape index (κ2) is 5.68. The summed E-state index contributed by atoms with van der Waals surface area (Å²) in [6.45, 7) is 3.64. The van der Waals surface area contributed by atoms with Crippen LogP contribution in [0.4, 0.5) is 0 Å². The van der Waals surface area contributed by atoms with Crippen molar-refractivity contribution < 1.29 is 4.79 Å². The van der Waals surface area contributed by atoms with Crippen LogP contribution in [0.1, 0.15) is 5.69 Å². The van der Waals surface area contributed by atoms with Gasteiger partial charge in [-0.05, 0) is 13.1 Å². The Kier molecular flexibility index (Phi) is 3.62. The number of H-pyrrole nitrogens is 1. The van der Waals surface area contributed by atoms with Crippen LogP contribution in [0, 0.1) is 11.3 Å². The van der Waals surface area contributed by atoms with Crippen LogP contribution in [0.5, 0.6) is 0 Å². The van der Waals surface area contributed by atoms with E-state index in [0.29, 0.717) is 30.1 Å². The van der Waals surface area contributed by atoms with Crippen molar-refractivity contribution >= 4 is 16.7 Å². The minimum Gasteiger partial charge on any atom is -0.350 e. The fourth-order valence-corrected chi connectivity index (χ4v) is 4.14. The molecule has 0 aliphatic carbocycles. The lowest BCUT2D eigenvalue weighted by Gasteiger charge is -2.26. The first-order chi connectivity index (χ1) is 11.6. The summed E-state index contributed by atoms with van der Waals surface area (Å²) < 4.78 is 0. The molecule has 0 unspecified atom stereocenters. The Labute approximate surface area is 139 Å². The number of fused-ring (bicyclic) bond motifs is 2. The number of carbonyl (C=O) groups excluding carboxylic acids is 1. The highest BCUT2D eigenvalue weighted by Crippen LogP contribution is 2.38. The Morgan fingerprint density at radius 2 is 2.21 bits per heavy atom. The van der Waals surface area contributed by atoms with Gasteiger partial charge in [0, 0.05) is 37.5 Å². The van der Waals surface area contributed by atoms with Crippen molar-refractivity contribution in [1.82, 2.24) is 25.7 Å². The van der Waals surface area contributed by atoms with Gasteiger partial charge in [-0.3, -0.25) is 9.59 Å². The van der Waals surface area contributed by atoms with Crippen molar-refractivity contribution in [2.75, 3.05) is 33.2 Å². The number of aromatic nitrogens is 2. The maximum atomic E-state index is 12.9. The van der Waals surface area contributed by atoms with E-state index in [-0.39, 0.29) is 16.9 Å². The van der Waals surface area contributed by atoms with Crippen molar-refractivity contribution in [3.63, 3.8) is 0 Å². The van der Waals surface area contributed by atoms with Gasteiger partial charge in [-0.25, -0.2) is 5.10 Å². The summed E-state index contributed by atoms with van der Waals surface area (Å²) in [7, 11) is 2.06. The Hall–Kier alpha value is -2.25. The van der Waals surface area contributed by atoms with Crippen LogP contribution in [-0.4, -0.2) is 54.2 Å². The molecule has 2 atom stereocenters. The van der Waals surface area contributed by atoms with Crippen LogP contribution in [-0.2, 0) is 11.3 Å². The largest absolute Gasteiger partial charge is 0.350 e. The molecule has 1 amide bonds. The molecule has 0 radical (unpaired) electrons. The van der Waals surface area contributed by atoms with Crippen LogP contribution in [0.3, 0.4) is 0 Å². The first kappa shape index (κ1) is 15.3. The van der Waals surface area contributed by atoms with E-state index in [9.17, 15) is 9.59 Å². The van der Waals surface area contributed by atoms with Gasteiger partial charge in [-0.2, -0.15) is 5.10 Å². The number of hydrogen-bond donors (Lipinski definition) is 3. The molecule has 7 heteroatoms. The second-order valence-corrected chi connectivity index (χ2v) is 6.91. The van der Waals surface area contributed by atoms with E-state index in [0.717, 1.165) is 25.0 Å². The molecule has 4 rings (SSSR count). The summed E-state index contributed by atoms with van der Waals surface area (Å²) in [5.74, 6) is 0.418. The molecule has 2 aromatic rings. The average molecular weight is 327 g/mol. The van der Waals surface area contributed by atoms with Gasteiger partial charge in [0.25, 0.3) is 5.56 Å². The van der Waals surface area contributed by atoms with Crippen LogP contribution in [0.2, 0.25) is 0 Å². The lowest BCUT2D eigenvalue weighted by molar-refractivity contribution is -0.130. The molecule has 2 aliphatic rings. The van der Waals surface area contributed by atoms with E-state index in [2.05, 4.69) is 32.8 Å². The molecule has 3 N–H and O–H groups in total. The normalized spacial score (nSPS) is 26.6.